The number of hydrogen-bond donors (Lipinski definition) is 3. The number of furan rings is 1. The van der Waals surface area contributed by atoms with E-state index >= 15 is 0 Å². The van der Waals surface area contributed by atoms with Gasteiger partial charge in [0.15, 0.2) is 11.5 Å². The van der Waals surface area contributed by atoms with Gasteiger partial charge < -0.3 is 29.6 Å². The van der Waals surface area contributed by atoms with Gasteiger partial charge in [0.2, 0.25) is 6.79 Å². The van der Waals surface area contributed by atoms with Crippen LogP contribution in [0.2, 0.25) is 0 Å². The van der Waals surface area contributed by atoms with Gasteiger partial charge in [-0.1, -0.05) is 0 Å². The average Bonchev–Trinajstić information content (AvgIpc) is 3.15. The third-order valence-corrected chi connectivity index (χ3v) is 3.01. The van der Waals surface area contributed by atoms with Gasteiger partial charge >= 0.3 is 6.03 Å². The zero-order valence-electron chi connectivity index (χ0n) is 11.0. The smallest absolute Gasteiger partial charge is 0.319 e. The van der Waals surface area contributed by atoms with Gasteiger partial charge in [0, 0.05) is 23.9 Å². The Hall–Kier alpha value is -2.67. The summed E-state index contributed by atoms with van der Waals surface area (Å²) in [7, 11) is 0. The number of fused-ring (bicyclic) bond motifs is 1. The van der Waals surface area contributed by atoms with Crippen molar-refractivity contribution in [1.29, 1.82) is 0 Å². The Labute approximate surface area is 120 Å². The fraction of sp³-hybridized carbons (Fsp3) is 0.214. The molecule has 2 heterocycles. The molecule has 3 rings (SSSR count). The lowest BCUT2D eigenvalue weighted by Crippen LogP contribution is -2.32. The van der Waals surface area contributed by atoms with Crippen LogP contribution in [0.25, 0.3) is 0 Å². The zero-order chi connectivity index (χ0) is 14.7. The summed E-state index contributed by atoms with van der Waals surface area (Å²) in [6.07, 6.45) is 2.08. The standard InChI is InChI=1S/C14H14N2O5/c17-11(9-3-4-19-7-9)6-15-14(18)16-10-1-2-12-13(5-10)21-8-20-12/h1-5,7,11,17H,6,8H2,(H2,15,16,18)/t11-/m1/s1. The Morgan fingerprint density at radius 3 is 2.95 bits per heavy atom. The topological polar surface area (TPSA) is 93.0 Å². The lowest BCUT2D eigenvalue weighted by atomic mass is 10.2. The van der Waals surface area contributed by atoms with Crippen LogP contribution < -0.4 is 20.1 Å². The van der Waals surface area contributed by atoms with Crippen LogP contribution in [0.15, 0.2) is 41.2 Å². The molecule has 0 unspecified atom stereocenters. The van der Waals surface area contributed by atoms with Crippen molar-refractivity contribution in [3.8, 4) is 11.5 Å². The second-order valence-corrected chi connectivity index (χ2v) is 4.48. The molecule has 0 radical (unpaired) electrons. The monoisotopic (exact) mass is 290 g/mol. The summed E-state index contributed by atoms with van der Waals surface area (Å²) in [6.45, 7) is 0.262. The first-order valence-electron chi connectivity index (χ1n) is 6.37. The molecule has 0 saturated carbocycles. The number of rotatable bonds is 4. The summed E-state index contributed by atoms with van der Waals surface area (Å²) in [5.74, 6) is 1.24. The predicted molar refractivity (Wildman–Crippen MR) is 73.3 cm³/mol. The second kappa shape index (κ2) is 5.76. The number of ether oxygens (including phenoxy) is 2. The maximum atomic E-state index is 11.8. The molecule has 110 valence electrons. The zero-order valence-corrected chi connectivity index (χ0v) is 11.0. The van der Waals surface area contributed by atoms with Crippen LogP contribution in [0.3, 0.4) is 0 Å². The molecule has 0 saturated heterocycles. The Balaban J connectivity index is 1.52. The molecule has 0 fully saturated rings. The predicted octanol–water partition coefficient (Wildman–Crippen LogP) is 1.86. The van der Waals surface area contributed by atoms with Gasteiger partial charge in [-0.3, -0.25) is 0 Å². The molecule has 3 N–H and O–H groups in total. The van der Waals surface area contributed by atoms with Crippen LogP contribution in [0.1, 0.15) is 11.7 Å². The van der Waals surface area contributed by atoms with E-state index in [1.807, 2.05) is 0 Å². The molecule has 2 aromatic rings. The Kier molecular flexibility index (Phi) is 3.65. The highest BCUT2D eigenvalue weighted by Crippen LogP contribution is 2.34. The molecule has 7 heteroatoms. The van der Waals surface area contributed by atoms with E-state index in [1.165, 1.54) is 12.5 Å². The maximum Gasteiger partial charge on any atom is 0.319 e. The van der Waals surface area contributed by atoms with Gasteiger partial charge in [-0.2, -0.15) is 0 Å². The fourth-order valence-corrected chi connectivity index (χ4v) is 1.92. The number of anilines is 1. The molecular formula is C14H14N2O5. The number of amides is 2. The van der Waals surface area contributed by atoms with Gasteiger partial charge in [0.1, 0.15) is 0 Å². The highest BCUT2D eigenvalue weighted by Gasteiger charge is 2.15. The van der Waals surface area contributed by atoms with Crippen LogP contribution in [0.5, 0.6) is 11.5 Å². The summed E-state index contributed by atoms with van der Waals surface area (Å²) in [6, 6.07) is 6.32. The van der Waals surface area contributed by atoms with Crippen molar-refractivity contribution in [2.24, 2.45) is 0 Å². The highest BCUT2D eigenvalue weighted by atomic mass is 16.7. The first-order chi connectivity index (χ1) is 10.2. The largest absolute Gasteiger partial charge is 0.472 e. The SMILES string of the molecule is O=C(NC[C@@H](O)c1ccoc1)Nc1ccc2c(c1)OCO2. The number of urea groups is 1. The van der Waals surface area contributed by atoms with Gasteiger partial charge in [0.25, 0.3) is 0 Å². The average molecular weight is 290 g/mol. The first kappa shape index (κ1) is 13.3. The number of aliphatic hydroxyl groups is 1. The molecule has 0 aliphatic carbocycles. The van der Waals surface area contributed by atoms with Crippen molar-refractivity contribution >= 4 is 11.7 Å². The number of hydrogen-bond acceptors (Lipinski definition) is 5. The normalized spacial score (nSPS) is 13.8. The van der Waals surface area contributed by atoms with E-state index in [2.05, 4.69) is 10.6 Å². The molecule has 1 aromatic heterocycles. The Morgan fingerprint density at radius 2 is 2.14 bits per heavy atom. The fourth-order valence-electron chi connectivity index (χ4n) is 1.92. The first-order valence-corrected chi connectivity index (χ1v) is 6.37. The van der Waals surface area contributed by atoms with Crippen LogP contribution in [-0.4, -0.2) is 24.5 Å². The Bertz CT molecular complexity index is 626. The summed E-state index contributed by atoms with van der Waals surface area (Å²) < 4.78 is 15.3. The lowest BCUT2D eigenvalue weighted by molar-refractivity contribution is 0.173. The van der Waals surface area contributed by atoms with Gasteiger partial charge in [-0.25, -0.2) is 4.79 Å². The van der Waals surface area contributed by atoms with Crippen molar-refractivity contribution in [3.05, 3.63) is 42.4 Å². The number of carbonyl (C=O) groups excluding carboxylic acids is 1. The molecular weight excluding hydrogens is 276 g/mol. The van der Waals surface area contributed by atoms with Gasteiger partial charge in [-0.15, -0.1) is 0 Å². The minimum Gasteiger partial charge on any atom is -0.472 e. The van der Waals surface area contributed by atoms with Crippen molar-refractivity contribution in [2.45, 2.75) is 6.10 Å². The third kappa shape index (κ3) is 3.09. The summed E-state index contributed by atoms with van der Waals surface area (Å²) >= 11 is 0. The molecule has 1 aromatic carbocycles. The van der Waals surface area contributed by atoms with Crippen LogP contribution in [0.4, 0.5) is 10.5 Å². The number of carbonyl (C=O) groups is 1. The highest BCUT2D eigenvalue weighted by molar-refractivity contribution is 5.89. The van der Waals surface area contributed by atoms with E-state index < -0.39 is 12.1 Å². The van der Waals surface area contributed by atoms with E-state index in [1.54, 1.807) is 24.3 Å². The quantitative estimate of drug-likeness (QED) is 0.799. The lowest BCUT2D eigenvalue weighted by Gasteiger charge is -2.11. The molecule has 0 spiro atoms. The molecule has 1 aliphatic heterocycles. The molecule has 7 nitrogen and oxygen atoms in total. The van der Waals surface area contributed by atoms with Crippen LogP contribution in [0, 0.1) is 0 Å². The van der Waals surface area contributed by atoms with Crippen LogP contribution >= 0.6 is 0 Å². The van der Waals surface area contributed by atoms with Gasteiger partial charge in [0.05, 0.1) is 18.6 Å². The third-order valence-electron chi connectivity index (χ3n) is 3.01. The van der Waals surface area contributed by atoms with Crippen molar-refractivity contribution < 1.29 is 23.8 Å². The van der Waals surface area contributed by atoms with E-state index in [-0.39, 0.29) is 13.3 Å². The van der Waals surface area contributed by atoms with E-state index in [0.717, 1.165) is 0 Å². The van der Waals surface area contributed by atoms with Crippen molar-refractivity contribution in [1.82, 2.24) is 5.32 Å². The molecule has 1 aliphatic rings. The minimum atomic E-state index is -0.814. The summed E-state index contributed by atoms with van der Waals surface area (Å²) in [5, 5.41) is 15.0. The van der Waals surface area contributed by atoms with Gasteiger partial charge in [-0.05, 0) is 18.2 Å². The molecule has 2 amide bonds. The number of benzene rings is 1. The van der Waals surface area contributed by atoms with E-state index in [4.69, 9.17) is 13.9 Å². The number of aliphatic hydroxyl groups excluding tert-OH is 1. The molecule has 1 atom stereocenters. The Morgan fingerprint density at radius 1 is 1.29 bits per heavy atom. The number of nitrogens with one attached hydrogen (secondary N) is 2. The van der Waals surface area contributed by atoms with Crippen molar-refractivity contribution in [3.63, 3.8) is 0 Å². The minimum absolute atomic E-state index is 0.0793. The molecule has 21 heavy (non-hydrogen) atoms. The molecule has 0 bridgehead atoms. The summed E-state index contributed by atoms with van der Waals surface area (Å²) in [4.78, 5) is 11.8. The maximum absolute atomic E-state index is 11.8. The van der Waals surface area contributed by atoms with Crippen LogP contribution in [-0.2, 0) is 0 Å². The van der Waals surface area contributed by atoms with Crippen molar-refractivity contribution in [2.75, 3.05) is 18.7 Å². The summed E-state index contributed by atoms with van der Waals surface area (Å²) in [5.41, 5.74) is 1.19. The van der Waals surface area contributed by atoms with E-state index in [0.29, 0.717) is 22.7 Å². The second-order valence-electron chi connectivity index (χ2n) is 4.48. The van der Waals surface area contributed by atoms with E-state index in [9.17, 15) is 9.90 Å².